The molecular weight excluding hydrogens is 543 g/mol. The van der Waals surface area contributed by atoms with E-state index >= 15 is 0 Å². The molecule has 0 rings (SSSR count). The van der Waals surface area contributed by atoms with Gasteiger partial charge in [0, 0.05) is 28.0 Å². The molecular formula is C27H52NNa2O8P. The van der Waals surface area contributed by atoms with Crippen LogP contribution in [-0.4, -0.2) is 31.3 Å². The van der Waals surface area contributed by atoms with Crippen molar-refractivity contribution >= 4 is 19.8 Å². The third-order valence-electron chi connectivity index (χ3n) is 4.09. The molecule has 9 nitrogen and oxygen atoms in total. The number of phosphoric ester groups is 1. The summed E-state index contributed by atoms with van der Waals surface area (Å²) < 4.78 is 24.8. The first-order valence-corrected chi connectivity index (χ1v) is 12.7. The summed E-state index contributed by atoms with van der Waals surface area (Å²) in [6, 6.07) is 0. The van der Waals surface area contributed by atoms with E-state index in [4.69, 9.17) is 15.9 Å². The van der Waals surface area contributed by atoms with Gasteiger partial charge in [-0.15, -0.1) is 6.42 Å². The van der Waals surface area contributed by atoms with E-state index in [1.807, 2.05) is 0 Å². The molecule has 0 saturated heterocycles. The molecule has 0 heterocycles. The van der Waals surface area contributed by atoms with Crippen LogP contribution >= 0.6 is 7.82 Å². The number of ether oxygens (including phenoxy) is 2. The average molecular weight is 596 g/mol. The maximum atomic E-state index is 12.0. The Bertz CT molecular complexity index is 1160. The molecule has 0 aliphatic rings. The van der Waals surface area contributed by atoms with E-state index in [0.29, 0.717) is 6.42 Å². The van der Waals surface area contributed by atoms with Crippen molar-refractivity contribution in [1.82, 2.24) is 6.15 Å². The molecule has 0 aliphatic carbocycles. The van der Waals surface area contributed by atoms with Crippen LogP contribution < -0.4 is 75.1 Å². The Hall–Kier alpha value is -1.63. The van der Waals surface area contributed by atoms with Crippen LogP contribution in [0.1, 0.15) is 80.4 Å². The van der Waals surface area contributed by atoms with Crippen LogP contribution in [0.25, 0.3) is 0 Å². The molecule has 0 fully saturated rings. The summed E-state index contributed by atoms with van der Waals surface area (Å²) in [5.41, 5.74) is 0. The van der Waals surface area contributed by atoms with Gasteiger partial charge in [-0.05, 0) is 65.6 Å². The molecule has 0 aromatic rings. The molecule has 0 saturated carbocycles. The van der Waals surface area contributed by atoms with E-state index < -0.39 is 39.1 Å². The molecule has 1 atom stereocenters. The zero-order valence-corrected chi connectivity index (χ0v) is 27.7. The second-order valence-electron chi connectivity index (χ2n) is 7.07. The largest absolute Gasteiger partial charge is 1.00 e. The molecule has 0 aromatic carbocycles. The van der Waals surface area contributed by atoms with Crippen molar-refractivity contribution in [3.05, 3.63) is 0 Å². The van der Waals surface area contributed by atoms with Crippen LogP contribution in [0.4, 0.5) is 0 Å². The topological polar surface area (TPSA) is 160 Å². The van der Waals surface area contributed by atoms with E-state index in [2.05, 4.69) is 76.6 Å². The first-order valence-electron chi connectivity index (χ1n) is 11.3. The number of hydrogen-bond acceptors (Lipinski definition) is 9. The summed E-state index contributed by atoms with van der Waals surface area (Å²) in [4.78, 5) is 45.2. The SMILES string of the molecule is C#CC#CC#CC#CC#CC#CC(=O)OC[C@H](COP(=O)([O-])[O-])OC(=O)CCCCCCCCCC.N.[HH].[HH].[HH].[HH].[HH].[HH].[HH].[HH].[HH].[HH].[HH].[Na+].[Na+]. The Balaban J connectivity index is -0.0000000673. The molecule has 0 bridgehead atoms. The summed E-state index contributed by atoms with van der Waals surface area (Å²) in [5.74, 6) is 23.4. The molecule has 0 spiro atoms. The minimum Gasteiger partial charge on any atom is -0.790 e. The van der Waals surface area contributed by atoms with Gasteiger partial charge in [0.15, 0.2) is 6.10 Å². The van der Waals surface area contributed by atoms with Crippen molar-refractivity contribution in [3.8, 4) is 71.5 Å². The van der Waals surface area contributed by atoms with Crippen LogP contribution in [0.15, 0.2) is 0 Å². The molecule has 0 unspecified atom stereocenters. The van der Waals surface area contributed by atoms with Crippen LogP contribution in [0.2, 0.25) is 0 Å². The molecule has 0 aliphatic heterocycles. The Morgan fingerprint density at radius 2 is 1.31 bits per heavy atom. The fourth-order valence-corrected chi connectivity index (χ4v) is 2.83. The number of terminal acetylenes is 1. The van der Waals surface area contributed by atoms with Gasteiger partial charge in [-0.1, -0.05) is 51.9 Å². The van der Waals surface area contributed by atoms with E-state index in [1.165, 1.54) is 19.3 Å². The summed E-state index contributed by atoms with van der Waals surface area (Å²) in [6.07, 6.45) is 12.0. The molecule has 12 heteroatoms. The molecule has 3 N–H and O–H groups in total. The van der Waals surface area contributed by atoms with E-state index in [0.717, 1.165) is 25.7 Å². The Morgan fingerprint density at radius 3 is 1.82 bits per heavy atom. The van der Waals surface area contributed by atoms with Crippen molar-refractivity contribution in [2.24, 2.45) is 0 Å². The smallest absolute Gasteiger partial charge is 0.790 e. The third kappa shape index (κ3) is 34.3. The van der Waals surface area contributed by atoms with Gasteiger partial charge in [-0.2, -0.15) is 0 Å². The van der Waals surface area contributed by atoms with E-state index in [1.54, 1.807) is 0 Å². The van der Waals surface area contributed by atoms with Crippen molar-refractivity contribution in [3.63, 3.8) is 0 Å². The van der Waals surface area contributed by atoms with Crippen LogP contribution in [-0.2, 0) is 28.2 Å². The van der Waals surface area contributed by atoms with Crippen molar-refractivity contribution in [1.29, 1.82) is 0 Å². The van der Waals surface area contributed by atoms with Gasteiger partial charge in [0.05, 0.1) is 14.4 Å². The van der Waals surface area contributed by atoms with Crippen LogP contribution in [0, 0.1) is 71.5 Å². The summed E-state index contributed by atoms with van der Waals surface area (Å²) in [7, 11) is -5.31. The van der Waals surface area contributed by atoms with Gasteiger partial charge >= 0.3 is 71.1 Å². The predicted octanol–water partition coefficient (Wildman–Crippen LogP) is -1.66. The van der Waals surface area contributed by atoms with Gasteiger partial charge in [0.25, 0.3) is 0 Å². The molecule has 39 heavy (non-hydrogen) atoms. The number of rotatable bonds is 15. The molecule has 220 valence electrons. The summed E-state index contributed by atoms with van der Waals surface area (Å²) >= 11 is 0. The maximum absolute atomic E-state index is 12.0. The fraction of sp³-hybridized carbons (Fsp3) is 0.481. The maximum Gasteiger partial charge on any atom is 1.00 e. The second kappa shape index (κ2) is 30.9. The predicted molar refractivity (Wildman–Crippen MR) is 158 cm³/mol. The minimum atomic E-state index is -5.31. The monoisotopic (exact) mass is 595 g/mol. The van der Waals surface area contributed by atoms with Gasteiger partial charge < -0.3 is 34.5 Å². The minimum absolute atomic E-state index is 0. The zero-order chi connectivity index (χ0) is 26.9. The number of hydrogen-bond donors (Lipinski definition) is 1. The Labute approximate surface area is 292 Å². The van der Waals surface area contributed by atoms with Gasteiger partial charge in [0.1, 0.15) is 6.61 Å². The number of phosphoric acid groups is 1. The number of esters is 2. The first kappa shape index (κ1) is 44.4. The average Bonchev–Trinajstić information content (AvgIpc) is 2.83. The number of unbranched alkanes of at least 4 members (excludes halogenated alkanes) is 7. The first-order chi connectivity index (χ1) is 17.3. The quantitative estimate of drug-likeness (QED) is 0.0584. The third-order valence-corrected chi connectivity index (χ3v) is 4.55. The number of carbonyl (C=O) groups is 2. The summed E-state index contributed by atoms with van der Waals surface area (Å²) in [6.45, 7) is 0.812. The molecule has 0 aromatic heterocycles. The number of carbonyl (C=O) groups excluding carboxylic acids is 2. The summed E-state index contributed by atoms with van der Waals surface area (Å²) in [5, 5.41) is 0. The fourth-order valence-electron chi connectivity index (χ4n) is 2.48. The second-order valence-corrected chi connectivity index (χ2v) is 8.23. The van der Waals surface area contributed by atoms with Crippen molar-refractivity contribution in [2.45, 2.75) is 70.8 Å². The Morgan fingerprint density at radius 1 is 0.821 bits per heavy atom. The molecule has 0 amide bonds. The zero-order valence-electron chi connectivity index (χ0n) is 22.9. The molecule has 0 radical (unpaired) electrons. The standard InChI is InChI=1S/C27H29O8P.H3N.2Na.11H2/c1-3-5-7-9-11-13-14-16-17-19-21-26(28)33-23-25(24-34-36(30,31)32)35-27(29)22-20-18-15-12-10-8-6-4-2;;;;;;;;;;;;;;/h1,25H,4,6,8,10,12,15,18,20,22-24H2,2H3,(H2,30,31,32);1H3;;;11*1H/q;;2*+1;;;;;;;;;;;/p-2/t25-;;;;;;;;;;;;;;/m1............../s1. The van der Waals surface area contributed by atoms with Gasteiger partial charge in [-0.25, -0.2) is 4.79 Å². The van der Waals surface area contributed by atoms with Crippen LogP contribution in [0.3, 0.4) is 0 Å². The Kier molecular flexibility index (Phi) is 35.2. The van der Waals surface area contributed by atoms with Crippen molar-refractivity contribution < 1.29 is 113 Å². The van der Waals surface area contributed by atoms with Crippen molar-refractivity contribution in [2.75, 3.05) is 13.2 Å². The van der Waals surface area contributed by atoms with Gasteiger partial charge in [-0.3, -0.25) is 4.79 Å². The van der Waals surface area contributed by atoms with Crippen LogP contribution in [0.5, 0.6) is 0 Å². The van der Waals surface area contributed by atoms with E-state index in [9.17, 15) is 23.9 Å². The van der Waals surface area contributed by atoms with E-state index in [-0.39, 0.29) is 87.4 Å². The van der Waals surface area contributed by atoms with Gasteiger partial charge in [0.2, 0.25) is 0 Å². The normalized spacial score (nSPS) is 9.18.